The summed E-state index contributed by atoms with van der Waals surface area (Å²) < 4.78 is 12.6. The summed E-state index contributed by atoms with van der Waals surface area (Å²) in [7, 11) is 3.79. The van der Waals surface area contributed by atoms with E-state index in [0.29, 0.717) is 28.9 Å². The van der Waals surface area contributed by atoms with Gasteiger partial charge in [-0.2, -0.15) is 5.26 Å². The van der Waals surface area contributed by atoms with Crippen LogP contribution in [-0.4, -0.2) is 55.9 Å². The molecule has 0 radical (unpaired) electrons. The summed E-state index contributed by atoms with van der Waals surface area (Å²) in [4.78, 5) is 23.2. The summed E-state index contributed by atoms with van der Waals surface area (Å²) in [5.41, 5.74) is 4.54. The van der Waals surface area contributed by atoms with Gasteiger partial charge in [-0.15, -0.1) is 0 Å². The number of furan rings is 1. The van der Waals surface area contributed by atoms with E-state index < -0.39 is 0 Å². The van der Waals surface area contributed by atoms with Crippen molar-refractivity contribution in [2.24, 2.45) is 0 Å². The lowest BCUT2D eigenvalue weighted by molar-refractivity contribution is -0.104. The van der Waals surface area contributed by atoms with Crippen LogP contribution in [0.3, 0.4) is 0 Å². The van der Waals surface area contributed by atoms with E-state index in [1.807, 2.05) is 43.7 Å². The molecule has 0 unspecified atom stereocenters. The normalized spacial score (nSPS) is 13.7. The smallest absolute Gasteiger partial charge is 0.167 e. The molecule has 1 fully saturated rings. The second-order valence-corrected chi connectivity index (χ2v) is 8.48. The molecule has 0 bridgehead atoms. The molecule has 0 N–H and O–H groups in total. The van der Waals surface area contributed by atoms with Crippen LogP contribution in [0, 0.1) is 25.2 Å². The molecule has 4 rings (SSSR count). The van der Waals surface area contributed by atoms with Gasteiger partial charge in [0.15, 0.2) is 6.29 Å². The van der Waals surface area contributed by atoms with Crippen molar-refractivity contribution in [2.75, 3.05) is 33.9 Å². The monoisotopic (exact) mass is 477 g/mol. The van der Waals surface area contributed by atoms with Crippen LogP contribution >= 0.6 is 0 Å². The molecule has 35 heavy (non-hydrogen) atoms. The summed E-state index contributed by atoms with van der Waals surface area (Å²) in [6.45, 7) is 11.9. The Bertz CT molecular complexity index is 1180. The molecule has 7 heteroatoms. The molecule has 0 spiro atoms. The van der Waals surface area contributed by atoms with E-state index in [2.05, 4.69) is 35.4 Å². The fraction of sp³-hybridized carbons (Fsp3) is 0.393. The Kier molecular flexibility index (Phi) is 10.7. The van der Waals surface area contributed by atoms with Crippen LogP contribution < -0.4 is 0 Å². The number of aromatic nitrogens is 1. The first-order valence-corrected chi connectivity index (χ1v) is 11.7. The van der Waals surface area contributed by atoms with Crippen molar-refractivity contribution < 1.29 is 18.7 Å². The maximum Gasteiger partial charge on any atom is 0.167 e. The number of hydrogen-bond acceptors (Lipinski definition) is 6. The number of hydrogen-bond donors (Lipinski definition) is 0. The van der Waals surface area contributed by atoms with Gasteiger partial charge in [-0.05, 0) is 72.0 Å². The number of nitrogens with zero attached hydrogens (tertiary/aromatic N) is 3. The fourth-order valence-corrected chi connectivity index (χ4v) is 4.12. The third-order valence-electron chi connectivity index (χ3n) is 6.10. The van der Waals surface area contributed by atoms with Crippen molar-refractivity contribution in [1.29, 1.82) is 5.26 Å². The standard InChI is InChI=1S/C22H23N3O2.C3H8O.C3H4O/c1-14-4-5-21-17(10-14)15(2)22(27-21)19-12-25(20(13-26)18(19)11-23)16-6-8-24(3)9-7-16;1-3-4-2;1-2-3-4/h4-5,10,12-13,16H,6-9H2,1-3H3;3H2,1-2H3;2-3H,1H2. The first-order valence-electron chi connectivity index (χ1n) is 11.7. The molecule has 1 saturated heterocycles. The highest BCUT2D eigenvalue weighted by Gasteiger charge is 2.27. The van der Waals surface area contributed by atoms with Crippen LogP contribution in [0.25, 0.3) is 22.3 Å². The van der Waals surface area contributed by atoms with Gasteiger partial charge in [0.25, 0.3) is 0 Å². The molecule has 1 aromatic carbocycles. The molecule has 1 aliphatic rings. The summed E-state index contributed by atoms with van der Waals surface area (Å²) >= 11 is 0. The number of rotatable bonds is 5. The Morgan fingerprint density at radius 1 is 1.26 bits per heavy atom. The van der Waals surface area contributed by atoms with Gasteiger partial charge in [-0.25, -0.2) is 0 Å². The number of aldehydes is 2. The molecule has 0 amide bonds. The van der Waals surface area contributed by atoms with Crippen molar-refractivity contribution >= 4 is 23.5 Å². The minimum absolute atomic E-state index is 0.231. The molecule has 7 nitrogen and oxygen atoms in total. The van der Waals surface area contributed by atoms with Crippen LogP contribution in [0.5, 0.6) is 0 Å². The van der Waals surface area contributed by atoms with Crippen LogP contribution in [0.15, 0.2) is 41.5 Å². The van der Waals surface area contributed by atoms with E-state index in [1.54, 1.807) is 7.11 Å². The Morgan fingerprint density at radius 2 is 1.89 bits per heavy atom. The van der Waals surface area contributed by atoms with Gasteiger partial charge in [-0.3, -0.25) is 9.59 Å². The topological polar surface area (TPSA) is 88.5 Å². The van der Waals surface area contributed by atoms with Gasteiger partial charge in [0.2, 0.25) is 0 Å². The van der Waals surface area contributed by atoms with Crippen LogP contribution in [0.2, 0.25) is 0 Å². The zero-order valence-corrected chi connectivity index (χ0v) is 21.3. The molecule has 1 aliphatic heterocycles. The first-order chi connectivity index (χ1) is 16.9. The van der Waals surface area contributed by atoms with Crippen LogP contribution in [0.4, 0.5) is 0 Å². The zero-order valence-electron chi connectivity index (χ0n) is 21.3. The Balaban J connectivity index is 0.000000473. The number of carbonyl (C=O) groups excluding carboxylic acids is 2. The predicted molar refractivity (Wildman–Crippen MR) is 139 cm³/mol. The lowest BCUT2D eigenvalue weighted by atomic mass is 10.0. The van der Waals surface area contributed by atoms with Crippen molar-refractivity contribution in [3.63, 3.8) is 0 Å². The highest BCUT2D eigenvalue weighted by atomic mass is 16.5. The number of ether oxygens (including phenoxy) is 1. The van der Waals surface area contributed by atoms with E-state index in [9.17, 15) is 10.1 Å². The average Bonchev–Trinajstić information content (AvgIpc) is 3.41. The molecule has 186 valence electrons. The van der Waals surface area contributed by atoms with Gasteiger partial charge in [0, 0.05) is 36.9 Å². The maximum absolute atomic E-state index is 11.8. The van der Waals surface area contributed by atoms with Crippen LogP contribution in [0.1, 0.15) is 53.0 Å². The number of benzene rings is 1. The number of nitriles is 1. The summed E-state index contributed by atoms with van der Waals surface area (Å²) in [5, 5.41) is 10.8. The second kappa shape index (κ2) is 13.4. The maximum atomic E-state index is 11.8. The van der Waals surface area contributed by atoms with Gasteiger partial charge in [-0.1, -0.05) is 18.2 Å². The molecule has 0 aliphatic carbocycles. The number of likely N-dealkylation sites (tertiary alicyclic amines) is 1. The van der Waals surface area contributed by atoms with E-state index in [4.69, 9.17) is 9.21 Å². The molecule has 0 atom stereocenters. The average molecular weight is 478 g/mol. The molecular formula is C28H35N3O4. The van der Waals surface area contributed by atoms with E-state index in [0.717, 1.165) is 60.9 Å². The van der Waals surface area contributed by atoms with Crippen molar-refractivity contribution in [3.05, 3.63) is 59.4 Å². The van der Waals surface area contributed by atoms with Crippen molar-refractivity contribution in [3.8, 4) is 17.4 Å². The lowest BCUT2D eigenvalue weighted by Gasteiger charge is -2.30. The first kappa shape index (κ1) is 27.8. The van der Waals surface area contributed by atoms with E-state index in [-0.39, 0.29) is 6.04 Å². The highest BCUT2D eigenvalue weighted by Crippen LogP contribution is 2.38. The minimum Gasteiger partial charge on any atom is -0.456 e. The molecule has 0 saturated carbocycles. The number of allylic oxidation sites excluding steroid dienone is 1. The summed E-state index contributed by atoms with van der Waals surface area (Å²) in [6, 6.07) is 8.54. The third kappa shape index (κ3) is 6.56. The van der Waals surface area contributed by atoms with Gasteiger partial charge < -0.3 is 18.6 Å². The summed E-state index contributed by atoms with van der Waals surface area (Å²) in [5.74, 6) is 0.682. The van der Waals surface area contributed by atoms with Gasteiger partial charge in [0.1, 0.15) is 29.4 Å². The number of aryl methyl sites for hydroxylation is 2. The molecule has 2 aromatic heterocycles. The SMILES string of the molecule is C=CC=O.CCOC.Cc1ccc2oc(-c3cn(C4CCN(C)CC4)c(C=O)c3C#N)c(C)c2c1. The van der Waals surface area contributed by atoms with Crippen molar-refractivity contribution in [1.82, 2.24) is 9.47 Å². The number of methoxy groups -OCH3 is 1. The fourth-order valence-electron chi connectivity index (χ4n) is 4.12. The quantitative estimate of drug-likeness (QED) is 0.356. The molecular weight excluding hydrogens is 442 g/mol. The molecule has 3 heterocycles. The Hall–Kier alpha value is -3.47. The summed E-state index contributed by atoms with van der Waals surface area (Å²) in [6.07, 6.45) is 6.52. The predicted octanol–water partition coefficient (Wildman–Crippen LogP) is 5.49. The largest absolute Gasteiger partial charge is 0.456 e. The zero-order chi connectivity index (χ0) is 26.0. The minimum atomic E-state index is 0.231. The Morgan fingerprint density at radius 3 is 2.40 bits per heavy atom. The number of carbonyl (C=O) groups is 2. The Labute approximate surface area is 207 Å². The third-order valence-corrected chi connectivity index (χ3v) is 6.10. The van der Waals surface area contributed by atoms with E-state index >= 15 is 0 Å². The highest BCUT2D eigenvalue weighted by molar-refractivity contribution is 5.91. The van der Waals surface area contributed by atoms with Crippen molar-refractivity contribution in [2.45, 2.75) is 39.7 Å². The number of fused-ring (bicyclic) bond motifs is 1. The molecule has 3 aromatic rings. The van der Waals surface area contributed by atoms with Gasteiger partial charge >= 0.3 is 0 Å². The number of piperidine rings is 1. The van der Waals surface area contributed by atoms with E-state index in [1.165, 1.54) is 6.08 Å². The lowest BCUT2D eigenvalue weighted by Crippen LogP contribution is -2.31. The van der Waals surface area contributed by atoms with Gasteiger partial charge in [0.05, 0.1) is 11.1 Å². The second-order valence-electron chi connectivity index (χ2n) is 8.48. The van der Waals surface area contributed by atoms with Crippen LogP contribution in [-0.2, 0) is 9.53 Å².